The first-order valence-corrected chi connectivity index (χ1v) is 6.33. The molecule has 1 nitrogen and oxygen atoms in total. The second-order valence-corrected chi connectivity index (χ2v) is 4.91. The number of nitrogens with one attached hydrogen (secondary N) is 1. The van der Waals surface area contributed by atoms with Crippen LogP contribution in [0.4, 0.5) is 13.2 Å². The average molecular weight is 271 g/mol. The minimum Gasteiger partial charge on any atom is -0.308 e. The summed E-state index contributed by atoms with van der Waals surface area (Å²) in [4.78, 5) is 1.17. The SMILES string of the molecule is FC(F)(F)c1cccc(CNCc2cccs2)c1. The number of alkyl halides is 3. The summed E-state index contributed by atoms with van der Waals surface area (Å²) in [5, 5.41) is 5.10. The van der Waals surface area contributed by atoms with Crippen LogP contribution in [-0.2, 0) is 19.3 Å². The van der Waals surface area contributed by atoms with Crippen molar-refractivity contribution in [2.24, 2.45) is 0 Å². The summed E-state index contributed by atoms with van der Waals surface area (Å²) in [6.45, 7) is 1.11. The van der Waals surface area contributed by atoms with Gasteiger partial charge in [0.05, 0.1) is 5.56 Å². The minimum absolute atomic E-state index is 0.432. The molecule has 18 heavy (non-hydrogen) atoms. The Morgan fingerprint density at radius 2 is 1.89 bits per heavy atom. The van der Waals surface area contributed by atoms with Crippen LogP contribution in [0.15, 0.2) is 41.8 Å². The molecule has 0 fully saturated rings. The lowest BCUT2D eigenvalue weighted by Crippen LogP contribution is -2.13. The first-order valence-electron chi connectivity index (χ1n) is 5.45. The van der Waals surface area contributed by atoms with E-state index in [1.165, 1.54) is 17.0 Å². The van der Waals surface area contributed by atoms with Gasteiger partial charge in [0.15, 0.2) is 0 Å². The van der Waals surface area contributed by atoms with Gasteiger partial charge >= 0.3 is 6.18 Å². The van der Waals surface area contributed by atoms with Gasteiger partial charge < -0.3 is 5.32 Å². The zero-order valence-corrected chi connectivity index (χ0v) is 10.3. The van der Waals surface area contributed by atoms with Crippen molar-refractivity contribution in [3.8, 4) is 0 Å². The third-order valence-corrected chi connectivity index (χ3v) is 3.34. The van der Waals surface area contributed by atoms with Gasteiger partial charge in [0.1, 0.15) is 0 Å². The Hall–Kier alpha value is -1.33. The van der Waals surface area contributed by atoms with Gasteiger partial charge in [-0.3, -0.25) is 0 Å². The Morgan fingerprint density at radius 1 is 1.06 bits per heavy atom. The van der Waals surface area contributed by atoms with Crippen LogP contribution in [0.3, 0.4) is 0 Å². The summed E-state index contributed by atoms with van der Waals surface area (Å²) in [5.41, 5.74) is 0.0410. The van der Waals surface area contributed by atoms with Crippen molar-refractivity contribution in [3.63, 3.8) is 0 Å². The van der Waals surface area contributed by atoms with Crippen molar-refractivity contribution < 1.29 is 13.2 Å². The number of rotatable bonds is 4. The van der Waals surface area contributed by atoms with Gasteiger partial charge in [-0.05, 0) is 23.1 Å². The van der Waals surface area contributed by atoms with Gasteiger partial charge in [0.25, 0.3) is 0 Å². The second kappa shape index (κ2) is 5.54. The van der Waals surface area contributed by atoms with Crippen molar-refractivity contribution in [1.82, 2.24) is 5.32 Å². The zero-order valence-electron chi connectivity index (χ0n) is 9.50. The first-order chi connectivity index (χ1) is 8.55. The average Bonchev–Trinajstić information content (AvgIpc) is 2.81. The second-order valence-electron chi connectivity index (χ2n) is 3.88. The maximum absolute atomic E-state index is 12.5. The molecular formula is C13H12F3NS. The Kier molecular flexibility index (Phi) is 4.04. The molecule has 0 aliphatic carbocycles. The lowest BCUT2D eigenvalue weighted by Gasteiger charge is -2.09. The Balaban J connectivity index is 1.93. The predicted molar refractivity (Wildman–Crippen MR) is 66.3 cm³/mol. The number of thiophene rings is 1. The molecular weight excluding hydrogens is 259 g/mol. The van der Waals surface area contributed by atoms with Crippen molar-refractivity contribution in [1.29, 1.82) is 0 Å². The van der Waals surface area contributed by atoms with Crippen LogP contribution in [0.2, 0.25) is 0 Å². The lowest BCUT2D eigenvalue weighted by atomic mass is 10.1. The summed E-state index contributed by atoms with van der Waals surface area (Å²) >= 11 is 1.62. The molecule has 0 aliphatic rings. The number of hydrogen-bond donors (Lipinski definition) is 1. The van der Waals surface area contributed by atoms with E-state index in [1.54, 1.807) is 17.4 Å². The largest absolute Gasteiger partial charge is 0.416 e. The van der Waals surface area contributed by atoms with E-state index >= 15 is 0 Å². The smallest absolute Gasteiger partial charge is 0.308 e. The first kappa shape index (κ1) is 13.1. The molecule has 0 unspecified atom stereocenters. The Morgan fingerprint density at radius 3 is 2.56 bits per heavy atom. The fraction of sp³-hybridized carbons (Fsp3) is 0.231. The quantitative estimate of drug-likeness (QED) is 0.884. The van der Waals surface area contributed by atoms with E-state index in [9.17, 15) is 13.2 Å². The van der Waals surface area contributed by atoms with E-state index in [0.717, 1.165) is 6.07 Å². The highest BCUT2D eigenvalue weighted by atomic mass is 32.1. The van der Waals surface area contributed by atoms with Crippen LogP contribution in [0, 0.1) is 0 Å². The van der Waals surface area contributed by atoms with Crippen molar-refractivity contribution in [2.45, 2.75) is 19.3 Å². The highest BCUT2D eigenvalue weighted by molar-refractivity contribution is 7.09. The molecule has 0 aliphatic heterocycles. The monoisotopic (exact) mass is 271 g/mol. The molecule has 96 valence electrons. The maximum Gasteiger partial charge on any atom is 0.416 e. The summed E-state index contributed by atoms with van der Waals surface area (Å²) < 4.78 is 37.5. The molecule has 0 saturated heterocycles. The fourth-order valence-corrected chi connectivity index (χ4v) is 2.28. The molecule has 1 heterocycles. The Labute approximate surface area is 107 Å². The van der Waals surface area contributed by atoms with Crippen molar-refractivity contribution in [2.75, 3.05) is 0 Å². The van der Waals surface area contributed by atoms with Gasteiger partial charge in [-0.2, -0.15) is 13.2 Å². The van der Waals surface area contributed by atoms with Gasteiger partial charge in [-0.15, -0.1) is 11.3 Å². The van der Waals surface area contributed by atoms with Gasteiger partial charge in [-0.25, -0.2) is 0 Å². The molecule has 0 amide bonds. The van der Waals surface area contributed by atoms with Gasteiger partial charge in [0, 0.05) is 18.0 Å². The number of halogens is 3. The minimum atomic E-state index is -4.27. The molecule has 0 spiro atoms. The van der Waals surface area contributed by atoms with E-state index in [2.05, 4.69) is 5.32 Å². The van der Waals surface area contributed by atoms with E-state index in [0.29, 0.717) is 18.7 Å². The van der Waals surface area contributed by atoms with Crippen LogP contribution >= 0.6 is 11.3 Å². The van der Waals surface area contributed by atoms with Gasteiger partial charge in [0.2, 0.25) is 0 Å². The third-order valence-electron chi connectivity index (χ3n) is 2.46. The summed E-state index contributed by atoms with van der Waals surface area (Å²) in [5.74, 6) is 0. The summed E-state index contributed by atoms with van der Waals surface area (Å²) in [6.07, 6.45) is -4.27. The fourth-order valence-electron chi connectivity index (χ4n) is 1.60. The molecule has 1 aromatic carbocycles. The predicted octanol–water partition coefficient (Wildman–Crippen LogP) is 4.06. The molecule has 2 aromatic rings. The third kappa shape index (κ3) is 3.58. The topological polar surface area (TPSA) is 12.0 Å². The van der Waals surface area contributed by atoms with Crippen molar-refractivity contribution >= 4 is 11.3 Å². The molecule has 1 N–H and O–H groups in total. The maximum atomic E-state index is 12.5. The number of hydrogen-bond acceptors (Lipinski definition) is 2. The molecule has 0 saturated carbocycles. The Bertz CT molecular complexity index is 491. The van der Waals surface area contributed by atoms with Gasteiger partial charge in [-0.1, -0.05) is 24.3 Å². The van der Waals surface area contributed by atoms with Crippen molar-refractivity contribution in [3.05, 3.63) is 57.8 Å². The van der Waals surface area contributed by atoms with Crippen LogP contribution in [0.25, 0.3) is 0 Å². The molecule has 0 radical (unpaired) electrons. The molecule has 1 aromatic heterocycles. The normalized spacial score (nSPS) is 11.7. The van der Waals surface area contributed by atoms with E-state index in [1.807, 2.05) is 17.5 Å². The highest BCUT2D eigenvalue weighted by Crippen LogP contribution is 2.29. The lowest BCUT2D eigenvalue weighted by molar-refractivity contribution is -0.137. The zero-order chi connectivity index (χ0) is 13.0. The molecule has 2 rings (SSSR count). The van der Waals surface area contributed by atoms with E-state index in [4.69, 9.17) is 0 Å². The highest BCUT2D eigenvalue weighted by Gasteiger charge is 2.30. The standard InChI is InChI=1S/C13H12F3NS/c14-13(15,16)11-4-1-3-10(7-11)8-17-9-12-5-2-6-18-12/h1-7,17H,8-9H2. The van der Waals surface area contributed by atoms with Crippen LogP contribution in [-0.4, -0.2) is 0 Å². The molecule has 0 atom stereocenters. The van der Waals surface area contributed by atoms with Crippen LogP contribution in [0.5, 0.6) is 0 Å². The summed E-state index contributed by atoms with van der Waals surface area (Å²) in [6, 6.07) is 9.33. The summed E-state index contributed by atoms with van der Waals surface area (Å²) in [7, 11) is 0. The molecule has 5 heteroatoms. The van der Waals surface area contributed by atoms with E-state index < -0.39 is 11.7 Å². The van der Waals surface area contributed by atoms with Crippen LogP contribution < -0.4 is 5.32 Å². The molecule has 0 bridgehead atoms. The number of benzene rings is 1. The van der Waals surface area contributed by atoms with Crippen LogP contribution in [0.1, 0.15) is 16.0 Å². The van der Waals surface area contributed by atoms with E-state index in [-0.39, 0.29) is 0 Å².